The lowest BCUT2D eigenvalue weighted by molar-refractivity contribution is -0.131. The number of fused-ring (bicyclic) bond motifs is 2. The molecule has 164 valence electrons. The van der Waals surface area contributed by atoms with Crippen LogP contribution in [0.25, 0.3) is 16.4 Å². The normalized spacial score (nSPS) is 16.7. The van der Waals surface area contributed by atoms with Crippen molar-refractivity contribution in [2.45, 2.75) is 38.5 Å². The Bertz CT molecular complexity index is 1430. The highest BCUT2D eigenvalue weighted by Crippen LogP contribution is 2.27. The summed E-state index contributed by atoms with van der Waals surface area (Å²) < 4.78 is 1.46. The van der Waals surface area contributed by atoms with Gasteiger partial charge in [0.15, 0.2) is 5.65 Å². The minimum absolute atomic E-state index is 0.0286. The zero-order valence-electron chi connectivity index (χ0n) is 17.8. The fraction of sp³-hybridized carbons (Fsp3) is 0.348. The molecule has 1 fully saturated rings. The number of rotatable bonds is 4. The Morgan fingerprint density at radius 1 is 1.19 bits per heavy atom. The topological polar surface area (TPSA) is 116 Å². The van der Waals surface area contributed by atoms with Gasteiger partial charge in [0.25, 0.3) is 11.1 Å². The number of aryl methyl sites for hydroxylation is 1. The third-order valence-corrected chi connectivity index (χ3v) is 6.19. The average Bonchev–Trinajstić information content (AvgIpc) is 3.26. The summed E-state index contributed by atoms with van der Waals surface area (Å²) in [5.41, 5.74) is 2.47. The van der Waals surface area contributed by atoms with E-state index in [1.54, 1.807) is 18.2 Å². The Kier molecular flexibility index (Phi) is 5.08. The van der Waals surface area contributed by atoms with Gasteiger partial charge < -0.3 is 4.90 Å². The fourth-order valence-electron chi connectivity index (χ4n) is 4.47. The molecule has 9 heteroatoms. The summed E-state index contributed by atoms with van der Waals surface area (Å²) in [4.78, 5) is 43.8. The molecule has 1 aliphatic heterocycles. The molecule has 4 aromatic rings. The number of hydrogen-bond donors (Lipinski definition) is 2. The molecule has 0 bridgehead atoms. The Hall–Kier alpha value is -3.75. The maximum absolute atomic E-state index is 13.1. The number of piperidine rings is 1. The van der Waals surface area contributed by atoms with Gasteiger partial charge in [-0.15, -0.1) is 0 Å². The van der Waals surface area contributed by atoms with Gasteiger partial charge in [0, 0.05) is 47.9 Å². The zero-order valence-corrected chi connectivity index (χ0v) is 17.8. The zero-order chi connectivity index (χ0) is 22.2. The van der Waals surface area contributed by atoms with Crippen LogP contribution in [0.4, 0.5) is 0 Å². The molecule has 0 saturated carbocycles. The minimum Gasteiger partial charge on any atom is -0.342 e. The monoisotopic (exact) mass is 432 g/mol. The number of carbonyl (C=O) groups is 1. The maximum Gasteiger partial charge on any atom is 0.272 e. The highest BCUT2D eigenvalue weighted by molar-refractivity contribution is 5.88. The number of aromatic nitrogens is 5. The van der Waals surface area contributed by atoms with Crippen LogP contribution in [0.2, 0.25) is 0 Å². The summed E-state index contributed by atoms with van der Waals surface area (Å²) in [6, 6.07) is 10.6. The van der Waals surface area contributed by atoms with E-state index in [4.69, 9.17) is 0 Å². The standard InChI is InChI=1S/C23H24N6O3/c1-2-15-10-22(31)29-20(24-15)11-18(27-29)14-6-5-9-28(13-14)21(30)12-19-16-7-3-4-8-17(16)23(32)26-25-19/h3-4,7-8,10-11,14,27H,2,5-6,9,12-13H2,1H3,(H,26,32). The van der Waals surface area contributed by atoms with Gasteiger partial charge in [-0.2, -0.15) is 5.10 Å². The first-order valence-electron chi connectivity index (χ1n) is 10.9. The lowest BCUT2D eigenvalue weighted by Crippen LogP contribution is -2.40. The van der Waals surface area contributed by atoms with Crippen LogP contribution in [0.1, 0.15) is 42.8 Å². The minimum atomic E-state index is -0.260. The van der Waals surface area contributed by atoms with Crippen LogP contribution in [0, 0.1) is 0 Å². The molecule has 0 spiro atoms. The SMILES string of the molecule is CCc1cc(=O)n2[nH]c(C3CCCN(C(=O)Cc4n[nH]c(=O)c5ccccc45)C3)cc2n1. The van der Waals surface area contributed by atoms with Gasteiger partial charge in [0.2, 0.25) is 5.91 Å². The lowest BCUT2D eigenvalue weighted by atomic mass is 9.94. The van der Waals surface area contributed by atoms with Gasteiger partial charge >= 0.3 is 0 Å². The third-order valence-electron chi connectivity index (χ3n) is 6.19. The van der Waals surface area contributed by atoms with Crippen molar-refractivity contribution in [3.05, 3.63) is 74.2 Å². The second-order valence-corrected chi connectivity index (χ2v) is 8.25. The molecule has 1 unspecified atom stereocenters. The third kappa shape index (κ3) is 3.59. The molecule has 1 aromatic carbocycles. The summed E-state index contributed by atoms with van der Waals surface area (Å²) >= 11 is 0. The molecule has 1 saturated heterocycles. The Labute approximate surface area is 183 Å². The van der Waals surface area contributed by atoms with Crippen LogP contribution < -0.4 is 11.1 Å². The van der Waals surface area contributed by atoms with Crippen molar-refractivity contribution >= 4 is 22.3 Å². The summed E-state index contributed by atoms with van der Waals surface area (Å²) in [5, 5.41) is 11.0. The molecule has 32 heavy (non-hydrogen) atoms. The number of aromatic amines is 2. The first kappa shape index (κ1) is 20.2. The number of benzene rings is 1. The predicted octanol–water partition coefficient (Wildman–Crippen LogP) is 1.77. The van der Waals surface area contributed by atoms with Crippen molar-refractivity contribution in [3.63, 3.8) is 0 Å². The van der Waals surface area contributed by atoms with Crippen LogP contribution in [0.5, 0.6) is 0 Å². The van der Waals surface area contributed by atoms with E-state index in [0.717, 1.165) is 24.2 Å². The first-order valence-corrected chi connectivity index (χ1v) is 10.9. The highest BCUT2D eigenvalue weighted by Gasteiger charge is 2.27. The molecule has 1 amide bonds. The highest BCUT2D eigenvalue weighted by atomic mass is 16.2. The van der Waals surface area contributed by atoms with E-state index in [1.165, 1.54) is 4.52 Å². The van der Waals surface area contributed by atoms with E-state index < -0.39 is 0 Å². The summed E-state index contributed by atoms with van der Waals surface area (Å²) in [5.74, 6) is 0.0678. The van der Waals surface area contributed by atoms with Crippen LogP contribution in [0.3, 0.4) is 0 Å². The van der Waals surface area contributed by atoms with Crippen LogP contribution in [0.15, 0.2) is 46.0 Å². The fourth-order valence-corrected chi connectivity index (χ4v) is 4.47. The van der Waals surface area contributed by atoms with Crippen molar-refractivity contribution in [2.24, 2.45) is 0 Å². The van der Waals surface area contributed by atoms with Crippen LogP contribution >= 0.6 is 0 Å². The Morgan fingerprint density at radius 3 is 2.81 bits per heavy atom. The number of hydrogen-bond acceptors (Lipinski definition) is 5. The summed E-state index contributed by atoms with van der Waals surface area (Å²) in [6.45, 7) is 3.20. The van der Waals surface area contributed by atoms with E-state index in [0.29, 0.717) is 41.6 Å². The lowest BCUT2D eigenvalue weighted by Gasteiger charge is -2.32. The Balaban J connectivity index is 1.37. The molecule has 3 aromatic heterocycles. The van der Waals surface area contributed by atoms with Crippen molar-refractivity contribution in [2.75, 3.05) is 13.1 Å². The maximum atomic E-state index is 13.1. The molecule has 0 radical (unpaired) electrons. The van der Waals surface area contributed by atoms with Crippen molar-refractivity contribution in [1.82, 2.24) is 29.7 Å². The molecule has 9 nitrogen and oxygen atoms in total. The van der Waals surface area contributed by atoms with Gasteiger partial charge in [0.1, 0.15) is 0 Å². The smallest absolute Gasteiger partial charge is 0.272 e. The molecule has 4 heterocycles. The quantitative estimate of drug-likeness (QED) is 0.510. The second-order valence-electron chi connectivity index (χ2n) is 8.25. The van der Waals surface area contributed by atoms with Crippen molar-refractivity contribution < 1.29 is 4.79 Å². The molecule has 1 aliphatic rings. The first-order chi connectivity index (χ1) is 15.5. The number of likely N-dealkylation sites (tertiary alicyclic amines) is 1. The summed E-state index contributed by atoms with van der Waals surface area (Å²) in [7, 11) is 0. The Morgan fingerprint density at radius 2 is 2.00 bits per heavy atom. The molecular formula is C23H24N6O3. The van der Waals surface area contributed by atoms with E-state index in [1.807, 2.05) is 30.0 Å². The summed E-state index contributed by atoms with van der Waals surface area (Å²) in [6.07, 6.45) is 2.61. The largest absolute Gasteiger partial charge is 0.342 e. The molecule has 0 aliphatic carbocycles. The van der Waals surface area contributed by atoms with Gasteiger partial charge in [-0.3, -0.25) is 19.5 Å². The van der Waals surface area contributed by atoms with E-state index in [9.17, 15) is 14.4 Å². The van der Waals surface area contributed by atoms with Gasteiger partial charge in [0.05, 0.1) is 17.5 Å². The number of H-pyrrole nitrogens is 2. The molecular weight excluding hydrogens is 408 g/mol. The number of nitrogens with zero attached hydrogens (tertiary/aromatic N) is 4. The number of nitrogens with one attached hydrogen (secondary N) is 2. The molecule has 5 rings (SSSR count). The van der Waals surface area contributed by atoms with Crippen LogP contribution in [-0.2, 0) is 17.6 Å². The average molecular weight is 432 g/mol. The number of amides is 1. The predicted molar refractivity (Wildman–Crippen MR) is 120 cm³/mol. The van der Waals surface area contributed by atoms with Gasteiger partial charge in [-0.25, -0.2) is 14.6 Å². The second kappa shape index (κ2) is 8.07. The van der Waals surface area contributed by atoms with Crippen LogP contribution in [-0.4, -0.2) is 48.7 Å². The van der Waals surface area contributed by atoms with E-state index in [2.05, 4.69) is 20.3 Å². The van der Waals surface area contributed by atoms with E-state index >= 15 is 0 Å². The van der Waals surface area contributed by atoms with Gasteiger partial charge in [-0.1, -0.05) is 25.1 Å². The van der Waals surface area contributed by atoms with Gasteiger partial charge in [-0.05, 0) is 25.3 Å². The van der Waals surface area contributed by atoms with E-state index in [-0.39, 0.29) is 29.4 Å². The molecule has 1 atom stereocenters. The number of carbonyl (C=O) groups excluding carboxylic acids is 1. The van der Waals surface area contributed by atoms with Crippen molar-refractivity contribution in [3.8, 4) is 0 Å². The van der Waals surface area contributed by atoms with Crippen molar-refractivity contribution in [1.29, 1.82) is 0 Å². The molecule has 2 N–H and O–H groups in total.